The second-order valence-corrected chi connectivity index (χ2v) is 2.35. The molecular formula is C7H12N2O. The van der Waals surface area contributed by atoms with Crippen molar-refractivity contribution in [2.75, 3.05) is 7.11 Å². The van der Waals surface area contributed by atoms with E-state index in [0.29, 0.717) is 6.73 Å². The van der Waals surface area contributed by atoms with Crippen LogP contribution in [-0.2, 0) is 11.5 Å². The molecule has 1 rings (SSSR count). The van der Waals surface area contributed by atoms with Crippen molar-refractivity contribution in [1.82, 2.24) is 9.78 Å². The molecule has 0 radical (unpaired) electrons. The Kier molecular flexibility index (Phi) is 2.06. The number of aryl methyl sites for hydroxylation is 2. The second kappa shape index (κ2) is 2.84. The third-order valence-electron chi connectivity index (χ3n) is 1.45. The van der Waals surface area contributed by atoms with Crippen molar-refractivity contribution >= 4 is 0 Å². The highest BCUT2D eigenvalue weighted by molar-refractivity contribution is 5.11. The van der Waals surface area contributed by atoms with Crippen LogP contribution in [0.15, 0.2) is 6.20 Å². The summed E-state index contributed by atoms with van der Waals surface area (Å²) < 4.78 is 6.68. The first kappa shape index (κ1) is 7.28. The maximum absolute atomic E-state index is 4.90. The van der Waals surface area contributed by atoms with Crippen molar-refractivity contribution in [3.63, 3.8) is 0 Å². The van der Waals surface area contributed by atoms with Gasteiger partial charge in [-0.3, -0.25) is 0 Å². The van der Waals surface area contributed by atoms with Crippen LogP contribution in [0.2, 0.25) is 0 Å². The summed E-state index contributed by atoms with van der Waals surface area (Å²) in [5.74, 6) is 0. The van der Waals surface area contributed by atoms with Crippen LogP contribution in [-0.4, -0.2) is 16.9 Å². The highest BCUT2D eigenvalue weighted by Gasteiger charge is 1.97. The van der Waals surface area contributed by atoms with Gasteiger partial charge in [0.05, 0.1) is 5.69 Å². The number of nitrogens with zero attached hydrogens (tertiary/aromatic N) is 2. The smallest absolute Gasteiger partial charge is 0.138 e. The molecule has 0 aromatic carbocycles. The van der Waals surface area contributed by atoms with E-state index >= 15 is 0 Å². The van der Waals surface area contributed by atoms with Crippen LogP contribution >= 0.6 is 0 Å². The summed E-state index contributed by atoms with van der Waals surface area (Å²) in [6, 6.07) is 0. The molecule has 0 fully saturated rings. The van der Waals surface area contributed by atoms with E-state index in [2.05, 4.69) is 5.10 Å². The first-order valence-corrected chi connectivity index (χ1v) is 3.23. The molecule has 3 heteroatoms. The zero-order valence-electron chi connectivity index (χ0n) is 6.59. The summed E-state index contributed by atoms with van der Waals surface area (Å²) in [6.45, 7) is 4.56. The molecule has 0 amide bonds. The second-order valence-electron chi connectivity index (χ2n) is 2.35. The van der Waals surface area contributed by atoms with Gasteiger partial charge in [0.25, 0.3) is 0 Å². The Labute approximate surface area is 60.6 Å². The summed E-state index contributed by atoms with van der Waals surface area (Å²) in [4.78, 5) is 0. The number of hydrogen-bond acceptors (Lipinski definition) is 2. The van der Waals surface area contributed by atoms with Crippen molar-refractivity contribution in [2.24, 2.45) is 0 Å². The molecule has 0 saturated carbocycles. The Morgan fingerprint density at radius 2 is 2.30 bits per heavy atom. The van der Waals surface area contributed by atoms with Crippen molar-refractivity contribution in [2.45, 2.75) is 20.6 Å². The Bertz CT molecular complexity index is 198. The van der Waals surface area contributed by atoms with Crippen LogP contribution in [0, 0.1) is 13.8 Å². The molecule has 10 heavy (non-hydrogen) atoms. The number of rotatable bonds is 2. The monoisotopic (exact) mass is 140 g/mol. The highest BCUT2D eigenvalue weighted by atomic mass is 16.5. The SMILES string of the molecule is COCn1cc(C)c(C)n1. The Morgan fingerprint density at radius 3 is 2.70 bits per heavy atom. The topological polar surface area (TPSA) is 27.1 Å². The van der Waals surface area contributed by atoms with Crippen molar-refractivity contribution in [3.8, 4) is 0 Å². The number of aromatic nitrogens is 2. The van der Waals surface area contributed by atoms with Gasteiger partial charge in [0.2, 0.25) is 0 Å². The van der Waals surface area contributed by atoms with Gasteiger partial charge in [0.1, 0.15) is 6.73 Å². The first-order chi connectivity index (χ1) is 4.74. The van der Waals surface area contributed by atoms with E-state index in [1.54, 1.807) is 11.8 Å². The molecule has 0 N–H and O–H groups in total. The fraction of sp³-hybridized carbons (Fsp3) is 0.571. The molecule has 1 aromatic rings. The van der Waals surface area contributed by atoms with Gasteiger partial charge in [0, 0.05) is 13.3 Å². The fourth-order valence-corrected chi connectivity index (χ4v) is 0.816. The molecule has 0 bridgehead atoms. The summed E-state index contributed by atoms with van der Waals surface area (Å²) in [5.41, 5.74) is 2.27. The Hall–Kier alpha value is -0.830. The van der Waals surface area contributed by atoms with E-state index < -0.39 is 0 Å². The van der Waals surface area contributed by atoms with Crippen molar-refractivity contribution in [1.29, 1.82) is 0 Å². The average Bonchev–Trinajstić information content (AvgIpc) is 2.14. The summed E-state index contributed by atoms with van der Waals surface area (Å²) in [7, 11) is 1.66. The molecule has 0 saturated heterocycles. The fourth-order valence-electron chi connectivity index (χ4n) is 0.816. The number of ether oxygens (including phenoxy) is 1. The Balaban J connectivity index is 2.77. The molecule has 1 aromatic heterocycles. The maximum atomic E-state index is 4.90. The van der Waals surface area contributed by atoms with Gasteiger partial charge in [-0.1, -0.05) is 0 Å². The summed E-state index contributed by atoms with van der Waals surface area (Å²) in [5, 5.41) is 4.19. The van der Waals surface area contributed by atoms with Gasteiger partial charge in [-0.2, -0.15) is 5.10 Å². The minimum Gasteiger partial charge on any atom is -0.362 e. The van der Waals surface area contributed by atoms with E-state index in [1.807, 2.05) is 20.0 Å². The molecule has 0 spiro atoms. The first-order valence-electron chi connectivity index (χ1n) is 3.23. The number of methoxy groups -OCH3 is 1. The Morgan fingerprint density at radius 1 is 1.60 bits per heavy atom. The van der Waals surface area contributed by atoms with E-state index in [0.717, 1.165) is 5.69 Å². The van der Waals surface area contributed by atoms with Gasteiger partial charge in [0.15, 0.2) is 0 Å². The lowest BCUT2D eigenvalue weighted by Crippen LogP contribution is -1.99. The lowest BCUT2D eigenvalue weighted by Gasteiger charge is -1.95. The van der Waals surface area contributed by atoms with E-state index in [9.17, 15) is 0 Å². The largest absolute Gasteiger partial charge is 0.362 e. The van der Waals surface area contributed by atoms with Gasteiger partial charge in [-0.05, 0) is 19.4 Å². The third kappa shape index (κ3) is 1.36. The van der Waals surface area contributed by atoms with Crippen LogP contribution in [0.25, 0.3) is 0 Å². The van der Waals surface area contributed by atoms with Gasteiger partial charge in [-0.25, -0.2) is 4.68 Å². The quantitative estimate of drug-likeness (QED) is 0.615. The van der Waals surface area contributed by atoms with Crippen LogP contribution < -0.4 is 0 Å². The van der Waals surface area contributed by atoms with E-state index in [4.69, 9.17) is 4.74 Å². The summed E-state index contributed by atoms with van der Waals surface area (Å²) in [6.07, 6.45) is 1.97. The normalized spacial score (nSPS) is 10.3. The van der Waals surface area contributed by atoms with E-state index in [1.165, 1.54) is 5.56 Å². The van der Waals surface area contributed by atoms with E-state index in [-0.39, 0.29) is 0 Å². The molecule has 0 atom stereocenters. The molecule has 0 aliphatic rings. The molecule has 0 unspecified atom stereocenters. The van der Waals surface area contributed by atoms with Crippen LogP contribution in [0.5, 0.6) is 0 Å². The van der Waals surface area contributed by atoms with Gasteiger partial charge < -0.3 is 4.74 Å². The van der Waals surface area contributed by atoms with Crippen molar-refractivity contribution < 1.29 is 4.74 Å². The predicted molar refractivity (Wildman–Crippen MR) is 38.7 cm³/mol. The molecule has 0 aliphatic heterocycles. The predicted octanol–water partition coefficient (Wildman–Crippen LogP) is 1.10. The van der Waals surface area contributed by atoms with Crippen LogP contribution in [0.4, 0.5) is 0 Å². The lowest BCUT2D eigenvalue weighted by molar-refractivity contribution is 0.120. The van der Waals surface area contributed by atoms with Crippen LogP contribution in [0.1, 0.15) is 11.3 Å². The lowest BCUT2D eigenvalue weighted by atomic mass is 10.3. The maximum Gasteiger partial charge on any atom is 0.138 e. The van der Waals surface area contributed by atoms with Crippen LogP contribution in [0.3, 0.4) is 0 Å². The average molecular weight is 140 g/mol. The third-order valence-corrected chi connectivity index (χ3v) is 1.45. The van der Waals surface area contributed by atoms with Crippen molar-refractivity contribution in [3.05, 3.63) is 17.5 Å². The zero-order chi connectivity index (χ0) is 7.56. The molecule has 1 heterocycles. The number of hydrogen-bond donors (Lipinski definition) is 0. The highest BCUT2D eigenvalue weighted by Crippen LogP contribution is 2.01. The molecule has 56 valence electrons. The molecule has 0 aliphatic carbocycles. The zero-order valence-corrected chi connectivity index (χ0v) is 6.59. The van der Waals surface area contributed by atoms with Gasteiger partial charge in [-0.15, -0.1) is 0 Å². The molecular weight excluding hydrogens is 128 g/mol. The minimum absolute atomic E-state index is 0.536. The molecule has 3 nitrogen and oxygen atoms in total. The minimum atomic E-state index is 0.536. The standard InChI is InChI=1S/C7H12N2O/c1-6-4-9(5-10-3)8-7(6)2/h4H,5H2,1-3H3. The van der Waals surface area contributed by atoms with Gasteiger partial charge >= 0.3 is 0 Å². The summed E-state index contributed by atoms with van der Waals surface area (Å²) >= 11 is 0.